The first-order chi connectivity index (χ1) is 8.09. The van der Waals surface area contributed by atoms with Crippen molar-refractivity contribution in [3.05, 3.63) is 35.4 Å². The van der Waals surface area contributed by atoms with Crippen LogP contribution in [0.4, 0.5) is 0 Å². The number of rotatable bonds is 3. The van der Waals surface area contributed by atoms with Crippen LogP contribution in [0.1, 0.15) is 28.8 Å². The van der Waals surface area contributed by atoms with Crippen molar-refractivity contribution in [2.24, 2.45) is 5.92 Å². The second-order valence-corrected chi connectivity index (χ2v) is 6.92. The Morgan fingerprint density at radius 1 is 1.35 bits per heavy atom. The van der Waals surface area contributed by atoms with Crippen molar-refractivity contribution in [2.75, 3.05) is 11.5 Å². The Morgan fingerprint density at radius 3 is 2.88 bits per heavy atom. The Bertz CT molecular complexity index is 505. The highest BCUT2D eigenvalue weighted by molar-refractivity contribution is 7.91. The molecule has 1 unspecified atom stereocenters. The van der Waals surface area contributed by atoms with Gasteiger partial charge in [0.15, 0.2) is 9.84 Å². The van der Waals surface area contributed by atoms with E-state index >= 15 is 0 Å². The average molecular weight is 252 g/mol. The van der Waals surface area contributed by atoms with Crippen LogP contribution in [-0.2, 0) is 16.3 Å². The molecule has 2 rings (SSSR count). The molecule has 0 spiro atoms. The van der Waals surface area contributed by atoms with Crippen LogP contribution in [0.2, 0.25) is 0 Å². The van der Waals surface area contributed by atoms with Gasteiger partial charge in [0.2, 0.25) is 0 Å². The van der Waals surface area contributed by atoms with Crippen LogP contribution in [0.15, 0.2) is 24.3 Å². The average Bonchev–Trinajstić information content (AvgIpc) is 2.28. The number of sulfone groups is 1. The molecule has 17 heavy (non-hydrogen) atoms. The van der Waals surface area contributed by atoms with Crippen molar-refractivity contribution < 1.29 is 13.2 Å². The van der Waals surface area contributed by atoms with Gasteiger partial charge in [-0.15, -0.1) is 0 Å². The maximum Gasteiger partial charge on any atom is 0.150 e. The van der Waals surface area contributed by atoms with E-state index in [1.54, 1.807) is 6.07 Å². The lowest BCUT2D eigenvalue weighted by atomic mass is 9.95. The quantitative estimate of drug-likeness (QED) is 0.772. The molecule has 0 amide bonds. The summed E-state index contributed by atoms with van der Waals surface area (Å²) in [6, 6.07) is 7.40. The standard InChI is InChI=1S/C13H16O3S/c14-9-12-4-1-3-11(7-12)8-13-5-2-6-17(15,16)10-13/h1,3-4,7,9,13H,2,5-6,8,10H2. The first-order valence-electron chi connectivity index (χ1n) is 5.83. The van der Waals surface area contributed by atoms with Crippen LogP contribution in [0.3, 0.4) is 0 Å². The van der Waals surface area contributed by atoms with E-state index in [-0.39, 0.29) is 11.7 Å². The molecule has 0 aromatic heterocycles. The smallest absolute Gasteiger partial charge is 0.150 e. The molecule has 1 saturated heterocycles. The van der Waals surface area contributed by atoms with E-state index in [1.807, 2.05) is 18.2 Å². The molecule has 1 fully saturated rings. The molecule has 1 aliphatic heterocycles. The third-order valence-corrected chi connectivity index (χ3v) is 5.06. The Hall–Kier alpha value is -1.16. The van der Waals surface area contributed by atoms with E-state index in [4.69, 9.17) is 0 Å². The van der Waals surface area contributed by atoms with Crippen molar-refractivity contribution in [3.8, 4) is 0 Å². The van der Waals surface area contributed by atoms with Crippen molar-refractivity contribution in [1.82, 2.24) is 0 Å². The van der Waals surface area contributed by atoms with Gasteiger partial charge in [0.05, 0.1) is 11.5 Å². The zero-order valence-electron chi connectivity index (χ0n) is 9.63. The van der Waals surface area contributed by atoms with Crippen LogP contribution in [0, 0.1) is 5.92 Å². The zero-order chi connectivity index (χ0) is 12.3. The van der Waals surface area contributed by atoms with Crippen molar-refractivity contribution in [1.29, 1.82) is 0 Å². The maximum absolute atomic E-state index is 11.5. The first kappa shape index (κ1) is 12.3. The lowest BCUT2D eigenvalue weighted by molar-refractivity contribution is 0.112. The fourth-order valence-corrected chi connectivity index (χ4v) is 4.18. The summed E-state index contributed by atoms with van der Waals surface area (Å²) in [7, 11) is -2.84. The largest absolute Gasteiger partial charge is 0.298 e. The lowest BCUT2D eigenvalue weighted by Crippen LogP contribution is -2.26. The molecule has 1 atom stereocenters. The second kappa shape index (κ2) is 5.00. The molecule has 1 aromatic carbocycles. The summed E-state index contributed by atoms with van der Waals surface area (Å²) in [5.41, 5.74) is 1.71. The van der Waals surface area contributed by atoms with Gasteiger partial charge in [0.25, 0.3) is 0 Å². The summed E-state index contributed by atoms with van der Waals surface area (Å²) in [4.78, 5) is 10.7. The number of aldehydes is 1. The molecule has 0 radical (unpaired) electrons. The van der Waals surface area contributed by atoms with Crippen LogP contribution >= 0.6 is 0 Å². The molecule has 92 valence electrons. The second-order valence-electron chi connectivity index (χ2n) is 4.69. The number of carbonyl (C=O) groups excluding carboxylic acids is 1. The predicted molar refractivity (Wildman–Crippen MR) is 66.9 cm³/mol. The molecule has 0 N–H and O–H groups in total. The molecule has 1 aliphatic rings. The molecular formula is C13H16O3S. The van der Waals surface area contributed by atoms with E-state index < -0.39 is 9.84 Å². The summed E-state index contributed by atoms with van der Waals surface area (Å²) in [6.07, 6.45) is 3.30. The fourth-order valence-electron chi connectivity index (χ4n) is 2.41. The summed E-state index contributed by atoms with van der Waals surface area (Å²) in [5.74, 6) is 0.826. The van der Waals surface area contributed by atoms with Gasteiger partial charge in [0.1, 0.15) is 6.29 Å². The third-order valence-electron chi connectivity index (χ3n) is 3.17. The van der Waals surface area contributed by atoms with E-state index in [0.717, 1.165) is 31.1 Å². The van der Waals surface area contributed by atoms with E-state index in [0.29, 0.717) is 11.3 Å². The van der Waals surface area contributed by atoms with E-state index in [2.05, 4.69) is 0 Å². The molecule has 0 bridgehead atoms. The highest BCUT2D eigenvalue weighted by atomic mass is 32.2. The van der Waals surface area contributed by atoms with Gasteiger partial charge in [-0.3, -0.25) is 4.79 Å². The fraction of sp³-hybridized carbons (Fsp3) is 0.462. The van der Waals surface area contributed by atoms with Gasteiger partial charge in [-0.05, 0) is 36.8 Å². The minimum atomic E-state index is -2.84. The SMILES string of the molecule is O=Cc1cccc(CC2CCCS(=O)(=O)C2)c1. The highest BCUT2D eigenvalue weighted by Crippen LogP contribution is 2.22. The molecule has 1 heterocycles. The predicted octanol–water partition coefficient (Wildman–Crippen LogP) is 1.87. The van der Waals surface area contributed by atoms with Gasteiger partial charge in [-0.1, -0.05) is 18.2 Å². The Balaban J connectivity index is 2.07. The minimum absolute atomic E-state index is 0.204. The monoisotopic (exact) mass is 252 g/mol. The molecule has 0 aliphatic carbocycles. The highest BCUT2D eigenvalue weighted by Gasteiger charge is 2.24. The summed E-state index contributed by atoms with van der Waals surface area (Å²) < 4.78 is 23.0. The number of hydrogen-bond acceptors (Lipinski definition) is 3. The molecule has 0 saturated carbocycles. The number of benzene rings is 1. The van der Waals surface area contributed by atoms with E-state index in [1.165, 1.54) is 0 Å². The van der Waals surface area contributed by atoms with Crippen LogP contribution in [-0.4, -0.2) is 26.2 Å². The maximum atomic E-state index is 11.5. The Labute approximate surface area is 102 Å². The Morgan fingerprint density at radius 2 is 2.18 bits per heavy atom. The molecule has 4 heteroatoms. The topological polar surface area (TPSA) is 51.2 Å². The summed E-state index contributed by atoms with van der Waals surface area (Å²) in [6.45, 7) is 0. The van der Waals surface area contributed by atoms with E-state index in [9.17, 15) is 13.2 Å². The first-order valence-corrected chi connectivity index (χ1v) is 7.66. The van der Waals surface area contributed by atoms with Crippen LogP contribution < -0.4 is 0 Å². The summed E-state index contributed by atoms with van der Waals surface area (Å²) >= 11 is 0. The van der Waals surface area contributed by atoms with Crippen molar-refractivity contribution in [2.45, 2.75) is 19.3 Å². The van der Waals surface area contributed by atoms with Gasteiger partial charge in [-0.2, -0.15) is 0 Å². The van der Waals surface area contributed by atoms with Crippen molar-refractivity contribution in [3.63, 3.8) is 0 Å². The number of carbonyl (C=O) groups is 1. The normalized spacial score (nSPS) is 23.2. The van der Waals surface area contributed by atoms with Gasteiger partial charge in [0, 0.05) is 5.56 Å². The van der Waals surface area contributed by atoms with Gasteiger partial charge in [-0.25, -0.2) is 8.42 Å². The minimum Gasteiger partial charge on any atom is -0.298 e. The van der Waals surface area contributed by atoms with Crippen LogP contribution in [0.5, 0.6) is 0 Å². The third kappa shape index (κ3) is 3.40. The molecular weight excluding hydrogens is 236 g/mol. The zero-order valence-corrected chi connectivity index (χ0v) is 10.4. The van der Waals surface area contributed by atoms with Gasteiger partial charge < -0.3 is 0 Å². The summed E-state index contributed by atoms with van der Waals surface area (Å²) in [5, 5.41) is 0. The van der Waals surface area contributed by atoms with Crippen molar-refractivity contribution >= 4 is 16.1 Å². The molecule has 3 nitrogen and oxygen atoms in total. The number of hydrogen-bond donors (Lipinski definition) is 0. The van der Waals surface area contributed by atoms with Gasteiger partial charge >= 0.3 is 0 Å². The molecule has 1 aromatic rings. The van der Waals surface area contributed by atoms with Crippen LogP contribution in [0.25, 0.3) is 0 Å². The Kier molecular flexibility index (Phi) is 3.62. The lowest BCUT2D eigenvalue weighted by Gasteiger charge is -2.21.